The summed E-state index contributed by atoms with van der Waals surface area (Å²) in [6.45, 7) is 6.30. The first-order valence-electron chi connectivity index (χ1n) is 8.69. The molecule has 1 unspecified atom stereocenters. The van der Waals surface area contributed by atoms with Crippen molar-refractivity contribution in [3.63, 3.8) is 0 Å². The van der Waals surface area contributed by atoms with Crippen LogP contribution in [0.15, 0.2) is 30.3 Å². The van der Waals surface area contributed by atoms with Crippen molar-refractivity contribution >= 4 is 23.1 Å². The molecule has 24 heavy (non-hydrogen) atoms. The highest BCUT2D eigenvalue weighted by Gasteiger charge is 2.22. The van der Waals surface area contributed by atoms with Gasteiger partial charge in [0.1, 0.15) is 5.82 Å². The maximum atomic E-state index is 11.0. The number of carbonyl (C=O) groups excluding carboxylic acids is 1. The lowest BCUT2D eigenvalue weighted by Crippen LogP contribution is -2.39. The van der Waals surface area contributed by atoms with Crippen LogP contribution in [-0.4, -0.2) is 39.5 Å². The molecule has 128 valence electrons. The van der Waals surface area contributed by atoms with Crippen LogP contribution in [0.2, 0.25) is 0 Å². The van der Waals surface area contributed by atoms with Gasteiger partial charge in [-0.25, -0.2) is 4.98 Å². The number of para-hydroxylation sites is 2. The molecule has 5 nitrogen and oxygen atoms in total. The molecule has 2 heterocycles. The fourth-order valence-corrected chi connectivity index (χ4v) is 3.53. The van der Waals surface area contributed by atoms with Gasteiger partial charge in [0.25, 0.3) is 0 Å². The zero-order valence-electron chi connectivity index (χ0n) is 14.5. The summed E-state index contributed by atoms with van der Waals surface area (Å²) in [7, 11) is 0. The zero-order chi connectivity index (χ0) is 17.1. The van der Waals surface area contributed by atoms with Crippen LogP contribution < -0.4 is 5.73 Å². The van der Waals surface area contributed by atoms with Crippen molar-refractivity contribution in [2.24, 2.45) is 11.7 Å². The van der Waals surface area contributed by atoms with Gasteiger partial charge in [0.15, 0.2) is 0 Å². The van der Waals surface area contributed by atoms with Gasteiger partial charge in [-0.3, -0.25) is 9.69 Å². The molecule has 2 aromatic rings. The van der Waals surface area contributed by atoms with Crippen molar-refractivity contribution in [1.82, 2.24) is 14.5 Å². The van der Waals surface area contributed by atoms with Crippen molar-refractivity contribution in [1.29, 1.82) is 0 Å². The van der Waals surface area contributed by atoms with E-state index in [1.807, 2.05) is 25.1 Å². The smallest absolute Gasteiger partial charge is 0.217 e. The molecule has 2 N–H and O–H groups in total. The number of aromatic nitrogens is 2. The van der Waals surface area contributed by atoms with E-state index in [4.69, 9.17) is 5.73 Å². The predicted molar refractivity (Wildman–Crippen MR) is 97.4 cm³/mol. The topological polar surface area (TPSA) is 64.2 Å². The lowest BCUT2D eigenvalue weighted by molar-refractivity contribution is -0.119. The molecule has 1 saturated heterocycles. The Labute approximate surface area is 143 Å². The molecular formula is C19H26N4O. The van der Waals surface area contributed by atoms with Crippen molar-refractivity contribution in [3.05, 3.63) is 36.2 Å². The summed E-state index contributed by atoms with van der Waals surface area (Å²) in [5, 5.41) is 0. The van der Waals surface area contributed by atoms with Gasteiger partial charge in [-0.1, -0.05) is 18.2 Å². The first-order valence-corrected chi connectivity index (χ1v) is 8.69. The average Bonchev–Trinajstić information content (AvgIpc) is 2.88. The first kappa shape index (κ1) is 16.7. The van der Waals surface area contributed by atoms with E-state index < -0.39 is 0 Å². The van der Waals surface area contributed by atoms with Gasteiger partial charge in [0.05, 0.1) is 11.0 Å². The summed E-state index contributed by atoms with van der Waals surface area (Å²) >= 11 is 0. The van der Waals surface area contributed by atoms with Crippen molar-refractivity contribution in [2.75, 3.05) is 13.1 Å². The first-order chi connectivity index (χ1) is 11.5. The van der Waals surface area contributed by atoms with Crippen LogP contribution in [0.4, 0.5) is 0 Å². The molecule has 1 atom stereocenters. The van der Waals surface area contributed by atoms with E-state index >= 15 is 0 Å². The van der Waals surface area contributed by atoms with Crippen molar-refractivity contribution < 1.29 is 4.79 Å². The summed E-state index contributed by atoms with van der Waals surface area (Å²) < 4.78 is 2.14. The second-order valence-electron chi connectivity index (χ2n) is 6.75. The van der Waals surface area contributed by atoms with Crippen LogP contribution >= 0.6 is 0 Å². The lowest BCUT2D eigenvalue weighted by atomic mass is 9.92. The molecule has 1 amide bonds. The van der Waals surface area contributed by atoms with Crippen molar-refractivity contribution in [3.8, 4) is 0 Å². The number of benzene rings is 1. The number of piperidine rings is 1. The largest absolute Gasteiger partial charge is 0.370 e. The zero-order valence-corrected chi connectivity index (χ0v) is 14.5. The maximum Gasteiger partial charge on any atom is 0.217 e. The normalized spacial score (nSPS) is 18.4. The summed E-state index contributed by atoms with van der Waals surface area (Å²) in [5.74, 6) is 1.28. The van der Waals surface area contributed by atoms with Gasteiger partial charge >= 0.3 is 0 Å². The maximum absolute atomic E-state index is 11.0. The molecular weight excluding hydrogens is 300 g/mol. The van der Waals surface area contributed by atoms with E-state index in [-0.39, 0.29) is 5.91 Å². The van der Waals surface area contributed by atoms with E-state index in [9.17, 15) is 4.79 Å². The monoisotopic (exact) mass is 326 g/mol. The Kier molecular flexibility index (Phi) is 5.00. The molecule has 0 radical (unpaired) electrons. The average molecular weight is 326 g/mol. The van der Waals surface area contributed by atoms with Gasteiger partial charge in [0.2, 0.25) is 5.91 Å². The highest BCUT2D eigenvalue weighted by Crippen LogP contribution is 2.22. The van der Waals surface area contributed by atoms with Crippen LogP contribution in [0.5, 0.6) is 0 Å². The molecule has 0 spiro atoms. The molecule has 0 bridgehead atoms. The molecule has 3 rings (SSSR count). The number of likely N-dealkylation sites (tertiary alicyclic amines) is 1. The molecule has 0 saturated carbocycles. The van der Waals surface area contributed by atoms with Crippen LogP contribution in [0, 0.1) is 12.8 Å². The van der Waals surface area contributed by atoms with Gasteiger partial charge in [0, 0.05) is 18.7 Å². The number of amides is 1. The summed E-state index contributed by atoms with van der Waals surface area (Å²) in [4.78, 5) is 18.1. The fraction of sp³-hybridized carbons (Fsp3) is 0.474. The fourth-order valence-electron chi connectivity index (χ4n) is 3.53. The third kappa shape index (κ3) is 3.67. The molecule has 1 aromatic heterocycles. The summed E-state index contributed by atoms with van der Waals surface area (Å²) in [5.41, 5.74) is 7.47. The molecule has 1 aliphatic rings. The van der Waals surface area contributed by atoms with Gasteiger partial charge in [-0.15, -0.1) is 0 Å². The Morgan fingerprint density at radius 1 is 1.38 bits per heavy atom. The highest BCUT2D eigenvalue weighted by molar-refractivity contribution is 5.78. The predicted octanol–water partition coefficient (Wildman–Crippen LogP) is 2.79. The van der Waals surface area contributed by atoms with Gasteiger partial charge in [-0.05, 0) is 57.8 Å². The number of hydrogen-bond acceptors (Lipinski definition) is 3. The SMILES string of the molecule is Cc1nc2ccccc2n1/C=C\C(C)N1CCC(CC(N)=O)CC1. The number of rotatable bonds is 5. The molecule has 0 aliphatic carbocycles. The van der Waals surface area contributed by atoms with Gasteiger partial charge < -0.3 is 10.3 Å². The van der Waals surface area contributed by atoms with E-state index in [2.05, 4.69) is 39.7 Å². The quantitative estimate of drug-likeness (QED) is 0.919. The number of fused-ring (bicyclic) bond motifs is 1. The summed E-state index contributed by atoms with van der Waals surface area (Å²) in [6.07, 6.45) is 6.99. The number of aryl methyl sites for hydroxylation is 1. The third-order valence-electron chi connectivity index (χ3n) is 5.00. The Morgan fingerprint density at radius 3 is 2.79 bits per heavy atom. The van der Waals surface area contributed by atoms with E-state index in [1.165, 1.54) is 0 Å². The number of nitrogens with zero attached hydrogens (tertiary/aromatic N) is 3. The Hall–Kier alpha value is -2.14. The molecule has 1 aliphatic heterocycles. The number of imidazole rings is 1. The third-order valence-corrected chi connectivity index (χ3v) is 5.00. The summed E-state index contributed by atoms with van der Waals surface area (Å²) in [6, 6.07) is 8.56. The Balaban J connectivity index is 1.64. The minimum atomic E-state index is -0.177. The standard InChI is InChI=1S/C19H26N4O/c1-14(22-10-8-16(9-11-22)13-19(20)24)7-12-23-15(2)21-17-5-3-4-6-18(17)23/h3-7,12,14,16H,8-11,13H2,1-2H3,(H2,20,24)/b12-7-. The number of nitrogens with two attached hydrogens (primary N) is 1. The highest BCUT2D eigenvalue weighted by atomic mass is 16.1. The molecule has 5 heteroatoms. The minimum Gasteiger partial charge on any atom is -0.370 e. The minimum absolute atomic E-state index is 0.177. The lowest BCUT2D eigenvalue weighted by Gasteiger charge is -2.34. The number of carbonyl (C=O) groups is 1. The second-order valence-corrected chi connectivity index (χ2v) is 6.75. The Morgan fingerprint density at radius 2 is 2.08 bits per heavy atom. The Bertz CT molecular complexity index is 741. The number of hydrogen-bond donors (Lipinski definition) is 1. The molecule has 1 fully saturated rings. The van der Waals surface area contributed by atoms with Crippen LogP contribution in [-0.2, 0) is 4.79 Å². The number of primary amides is 1. The van der Waals surface area contributed by atoms with E-state index in [0.29, 0.717) is 18.4 Å². The van der Waals surface area contributed by atoms with E-state index in [1.54, 1.807) is 0 Å². The van der Waals surface area contributed by atoms with Crippen LogP contribution in [0.3, 0.4) is 0 Å². The second kappa shape index (κ2) is 7.18. The van der Waals surface area contributed by atoms with Crippen LogP contribution in [0.1, 0.15) is 32.0 Å². The molecule has 1 aromatic carbocycles. The van der Waals surface area contributed by atoms with E-state index in [0.717, 1.165) is 42.8 Å². The van der Waals surface area contributed by atoms with Crippen molar-refractivity contribution in [2.45, 2.75) is 39.2 Å². The van der Waals surface area contributed by atoms with Gasteiger partial charge in [-0.2, -0.15) is 0 Å². The van der Waals surface area contributed by atoms with Crippen LogP contribution in [0.25, 0.3) is 17.2 Å².